The van der Waals surface area contributed by atoms with Crippen molar-refractivity contribution in [2.45, 2.75) is 54.6 Å². The Balaban J connectivity index is 1.11. The van der Waals surface area contributed by atoms with Gasteiger partial charge < -0.3 is 85.3 Å². The molecule has 78 heavy (non-hydrogen) atoms. The molecule has 1 spiro atoms. The lowest BCUT2D eigenvalue weighted by molar-refractivity contribution is -0.288. The molecule has 4 aromatic carbocycles. The van der Waals surface area contributed by atoms with Crippen LogP contribution in [-0.4, -0.2) is 138 Å². The predicted molar refractivity (Wildman–Crippen MR) is 256 cm³/mol. The van der Waals surface area contributed by atoms with Crippen LogP contribution in [-0.2, 0) is 65.4 Å². The van der Waals surface area contributed by atoms with Crippen molar-refractivity contribution in [1.29, 1.82) is 0 Å². The van der Waals surface area contributed by atoms with E-state index in [0.29, 0.717) is 6.08 Å². The van der Waals surface area contributed by atoms with Crippen molar-refractivity contribution < 1.29 is 119 Å². The lowest BCUT2D eigenvalue weighted by atomic mass is 9.54. The molecule has 1 aliphatic heterocycles. The number of hydrogen-bond acceptors (Lipinski definition) is 20. The molecular formula is C54H46O24. The van der Waals surface area contributed by atoms with Crippen LogP contribution in [0.1, 0.15) is 34.1 Å². The van der Waals surface area contributed by atoms with Gasteiger partial charge in [-0.15, -0.1) is 0 Å². The summed E-state index contributed by atoms with van der Waals surface area (Å²) in [4.78, 5) is 93.7. The van der Waals surface area contributed by atoms with Gasteiger partial charge in [-0.25, -0.2) is 19.2 Å². The Labute approximate surface area is 438 Å². The van der Waals surface area contributed by atoms with Crippen molar-refractivity contribution in [2.75, 3.05) is 0 Å². The Morgan fingerprint density at radius 2 is 1.01 bits per heavy atom. The zero-order chi connectivity index (χ0) is 56.4. The molecule has 13 unspecified atom stereocenters. The topological polar surface area (TPSA) is 419 Å². The number of carboxylic acid groups (broad SMARTS) is 4. The molecule has 13 N–H and O–H groups in total. The van der Waals surface area contributed by atoms with Gasteiger partial charge in [0.1, 0.15) is 6.10 Å². The van der Waals surface area contributed by atoms with Crippen molar-refractivity contribution in [3.8, 4) is 46.0 Å². The van der Waals surface area contributed by atoms with Gasteiger partial charge >= 0.3 is 35.8 Å². The Bertz CT molecular complexity index is 3340. The summed E-state index contributed by atoms with van der Waals surface area (Å²) in [7, 11) is 0. The van der Waals surface area contributed by atoms with E-state index in [-0.39, 0.29) is 33.4 Å². The van der Waals surface area contributed by atoms with E-state index in [2.05, 4.69) is 0 Å². The minimum atomic E-state index is -2.91. The fourth-order valence-electron chi connectivity index (χ4n) is 11.5. The van der Waals surface area contributed by atoms with Crippen LogP contribution in [0.2, 0.25) is 0 Å². The second-order valence-corrected chi connectivity index (χ2v) is 19.3. The molecule has 6 aliphatic carbocycles. The number of phenolic OH excluding ortho intramolecular Hbond substituents is 8. The van der Waals surface area contributed by atoms with Crippen molar-refractivity contribution >= 4 is 41.6 Å². The van der Waals surface area contributed by atoms with Crippen LogP contribution in [0.5, 0.6) is 46.0 Å². The molecule has 7 aliphatic rings. The second kappa shape index (κ2) is 20.0. The van der Waals surface area contributed by atoms with E-state index < -0.39 is 178 Å². The number of ether oxygens (including phenoxy) is 4. The summed E-state index contributed by atoms with van der Waals surface area (Å²) < 4.78 is 23.5. The van der Waals surface area contributed by atoms with E-state index in [1.807, 2.05) is 0 Å². The Kier molecular flexibility index (Phi) is 13.7. The lowest BCUT2D eigenvalue weighted by Crippen LogP contribution is -2.65. The monoisotopic (exact) mass is 1080 g/mol. The summed E-state index contributed by atoms with van der Waals surface area (Å²) >= 11 is 0. The van der Waals surface area contributed by atoms with E-state index in [1.54, 1.807) is 0 Å². The second-order valence-electron chi connectivity index (χ2n) is 19.3. The van der Waals surface area contributed by atoms with E-state index in [0.717, 1.165) is 66.8 Å². The number of phenols is 8. The molecule has 1 saturated heterocycles. The van der Waals surface area contributed by atoms with Gasteiger partial charge in [0.25, 0.3) is 0 Å². The summed E-state index contributed by atoms with van der Waals surface area (Å²) in [5.74, 6) is -34.0. The fraction of sp³-hybridized carbons (Fsp3) is 0.278. The summed E-state index contributed by atoms with van der Waals surface area (Å²) in [6.45, 7) is 0. The molecule has 1 heterocycles. The number of aliphatic hydroxyl groups is 1. The third-order valence-corrected chi connectivity index (χ3v) is 14.8. The number of ketones is 1. The maximum Gasteiger partial charge on any atom is 0.345 e. The van der Waals surface area contributed by atoms with Crippen LogP contribution in [0.25, 0.3) is 0 Å². The molecule has 406 valence electrons. The predicted octanol–water partition coefficient (Wildman–Crippen LogP) is 2.93. The molecule has 4 aromatic rings. The first kappa shape index (κ1) is 53.4. The third-order valence-electron chi connectivity index (χ3n) is 14.8. The van der Waals surface area contributed by atoms with Crippen molar-refractivity contribution in [1.82, 2.24) is 0 Å². The number of rotatable bonds is 16. The number of aliphatic carboxylic acids is 4. The zero-order valence-electron chi connectivity index (χ0n) is 40.0. The Hall–Kier alpha value is -9.39. The summed E-state index contributed by atoms with van der Waals surface area (Å²) in [6, 6.07) is 13.5. The number of benzene rings is 4. The van der Waals surface area contributed by atoms with E-state index in [1.165, 1.54) is 36.4 Å². The van der Waals surface area contributed by atoms with Crippen molar-refractivity contribution in [2.24, 2.45) is 35.5 Å². The van der Waals surface area contributed by atoms with Gasteiger partial charge in [-0.2, -0.15) is 0 Å². The maximum atomic E-state index is 15.4. The van der Waals surface area contributed by atoms with Crippen LogP contribution in [0.15, 0.2) is 120 Å². The zero-order valence-corrected chi connectivity index (χ0v) is 40.0. The first-order valence-electron chi connectivity index (χ1n) is 23.7. The highest BCUT2D eigenvalue weighted by Gasteiger charge is 2.78. The smallest absolute Gasteiger partial charge is 0.345 e. The van der Waals surface area contributed by atoms with Crippen molar-refractivity contribution in [3.05, 3.63) is 143 Å². The number of fused-ring (bicyclic) bond motifs is 2. The molecule has 0 amide bonds. The van der Waals surface area contributed by atoms with Crippen LogP contribution in [0, 0.1) is 35.5 Å². The maximum absolute atomic E-state index is 15.4. The number of carbonyl (C=O) groups excluding carboxylic acids is 3. The van der Waals surface area contributed by atoms with Crippen LogP contribution >= 0.6 is 0 Å². The summed E-state index contributed by atoms with van der Waals surface area (Å²) in [5.41, 5.74) is -0.0299. The standard InChI is InChI=1S/C54H46O24/c55-29-7-1-21(13-33(29)59)15-37(49(66)67)75-39(63)11-5-23-18-28-42(25-4-10-32(58)36(62)20-25)44(51(70)71)43(23)47(65)54(28)77-48-27-17-26(6-12-40(64)76-38(50(68)69)16-22-2-8-30(56)34(60)14-22)46(53(48,74)78-54)45(52(72)73)41(27)24-3-9-31(57)35(61)19-24/h1-14,17-20,27-28,37-38,41-46,48,55-62,74H,15-16H2,(H,66,67)(H,68,69)(H,70,71)(H,72,73). The quantitative estimate of drug-likeness (QED) is 0.0436. The van der Waals surface area contributed by atoms with Gasteiger partial charge in [0.05, 0.1) is 23.7 Å². The molecular weight excluding hydrogens is 1030 g/mol. The van der Waals surface area contributed by atoms with Crippen molar-refractivity contribution in [3.63, 3.8) is 0 Å². The number of allylic oxidation sites excluding steroid dienone is 3. The van der Waals surface area contributed by atoms with Gasteiger partial charge in [-0.3, -0.25) is 14.4 Å². The SMILES string of the molecule is O=C(C=CC1=CC2C(c3ccc(O)c(O)c3)C(C(=O)O)C1C(=O)C21OC2C3C=C(C=CC(=O)OC(Cc4ccc(O)c(O)c4)C(=O)O)C(C(C(=O)O)C3c3ccc(O)c(O)c3)C2(O)O1)OC(Cc1ccc(O)c(O)c1)C(=O)O. The molecule has 24 heteroatoms. The van der Waals surface area contributed by atoms with Crippen LogP contribution < -0.4 is 0 Å². The number of hydrogen-bond donors (Lipinski definition) is 13. The van der Waals surface area contributed by atoms with E-state index in [9.17, 15) is 95.2 Å². The average Bonchev–Trinajstić information content (AvgIpc) is 3.97. The van der Waals surface area contributed by atoms with Gasteiger partial charge in [-0.05, 0) is 81.9 Å². The molecule has 13 atom stereocenters. The molecule has 3 fully saturated rings. The largest absolute Gasteiger partial charge is 0.504 e. The highest BCUT2D eigenvalue weighted by molar-refractivity contribution is 5.99. The number of aromatic hydroxyl groups is 8. The summed E-state index contributed by atoms with van der Waals surface area (Å²) in [5, 5.41) is 136. The Morgan fingerprint density at radius 3 is 1.46 bits per heavy atom. The molecule has 11 rings (SSSR count). The number of carbonyl (C=O) groups is 7. The average molecular weight is 1080 g/mol. The molecule has 0 radical (unpaired) electrons. The molecule has 24 nitrogen and oxygen atoms in total. The summed E-state index contributed by atoms with van der Waals surface area (Å²) in [6.07, 6.45) is -0.425. The highest BCUT2D eigenvalue weighted by Crippen LogP contribution is 2.67. The van der Waals surface area contributed by atoms with Crippen LogP contribution in [0.3, 0.4) is 0 Å². The highest BCUT2D eigenvalue weighted by atomic mass is 16.8. The molecule has 2 saturated carbocycles. The van der Waals surface area contributed by atoms with Gasteiger partial charge in [-0.1, -0.05) is 48.6 Å². The normalized spacial score (nSPS) is 28.4. The van der Waals surface area contributed by atoms with Gasteiger partial charge in [0.15, 0.2) is 46.0 Å². The first-order valence-corrected chi connectivity index (χ1v) is 23.7. The number of esters is 2. The fourth-order valence-corrected chi connectivity index (χ4v) is 11.5. The molecule has 4 bridgehead atoms. The van der Waals surface area contributed by atoms with Gasteiger partial charge in [0, 0.05) is 48.7 Å². The molecule has 0 aromatic heterocycles. The number of carboxylic acids is 4. The lowest BCUT2D eigenvalue weighted by Gasteiger charge is -2.54. The Morgan fingerprint density at radius 1 is 0.564 bits per heavy atom. The van der Waals surface area contributed by atoms with Gasteiger partial charge in [0.2, 0.25) is 29.6 Å². The van der Waals surface area contributed by atoms with E-state index in [4.69, 9.17) is 18.9 Å². The first-order chi connectivity index (χ1) is 36.8. The third kappa shape index (κ3) is 9.30. The minimum Gasteiger partial charge on any atom is -0.504 e. The number of Topliss-reactive ketones (excluding diaryl/α,β-unsaturated/α-hetero) is 1. The van der Waals surface area contributed by atoms with Crippen LogP contribution in [0.4, 0.5) is 0 Å². The minimum absolute atomic E-state index is 0.0251. The van der Waals surface area contributed by atoms with E-state index >= 15 is 4.79 Å².